The minimum Gasteiger partial charge on any atom is -0.451 e. The Labute approximate surface area is 134 Å². The molecule has 1 aromatic heterocycles. The number of hydrogen-bond acceptors (Lipinski definition) is 4. The van der Waals surface area contributed by atoms with Gasteiger partial charge >= 0.3 is 0 Å². The Morgan fingerprint density at radius 1 is 1.23 bits per heavy atom. The van der Waals surface area contributed by atoms with Gasteiger partial charge in [-0.1, -0.05) is 30.7 Å². The largest absolute Gasteiger partial charge is 0.451 e. The standard InChI is InChI=1S/C15H16ClNO4S/c1-2-22(19,20)10-9-17-15(18)14-8-7-13(21-14)11-5-3-4-6-12(11)16/h3-8H,2,9-10H2,1H3,(H,17,18). The highest BCUT2D eigenvalue weighted by Crippen LogP contribution is 2.28. The number of rotatable bonds is 6. The summed E-state index contributed by atoms with van der Waals surface area (Å²) in [5.74, 6) is 0.110. The fraction of sp³-hybridized carbons (Fsp3) is 0.267. The molecule has 1 aromatic carbocycles. The minimum atomic E-state index is -3.10. The van der Waals surface area contributed by atoms with Crippen LogP contribution in [0.5, 0.6) is 0 Å². The van der Waals surface area contributed by atoms with Gasteiger partial charge in [0.15, 0.2) is 15.6 Å². The van der Waals surface area contributed by atoms with Crippen LogP contribution in [0.2, 0.25) is 5.02 Å². The molecule has 1 N–H and O–H groups in total. The fourth-order valence-electron chi connectivity index (χ4n) is 1.82. The molecule has 1 heterocycles. The molecular weight excluding hydrogens is 326 g/mol. The smallest absolute Gasteiger partial charge is 0.287 e. The van der Waals surface area contributed by atoms with Gasteiger partial charge in [-0.3, -0.25) is 4.79 Å². The lowest BCUT2D eigenvalue weighted by atomic mass is 10.2. The summed E-state index contributed by atoms with van der Waals surface area (Å²) in [6.45, 7) is 1.62. The molecule has 0 aliphatic heterocycles. The molecule has 0 spiro atoms. The molecule has 0 radical (unpaired) electrons. The third-order valence-electron chi connectivity index (χ3n) is 3.11. The number of sulfone groups is 1. The van der Waals surface area contributed by atoms with Gasteiger partial charge in [0.25, 0.3) is 5.91 Å². The van der Waals surface area contributed by atoms with Gasteiger partial charge < -0.3 is 9.73 Å². The number of halogens is 1. The third kappa shape index (κ3) is 4.11. The highest BCUT2D eigenvalue weighted by atomic mass is 35.5. The molecule has 1 amide bonds. The van der Waals surface area contributed by atoms with Crippen LogP contribution in [-0.4, -0.2) is 32.4 Å². The molecule has 118 valence electrons. The van der Waals surface area contributed by atoms with Gasteiger partial charge in [0, 0.05) is 17.9 Å². The van der Waals surface area contributed by atoms with E-state index in [-0.39, 0.29) is 23.8 Å². The van der Waals surface area contributed by atoms with Crippen molar-refractivity contribution >= 4 is 27.3 Å². The number of nitrogens with one attached hydrogen (secondary N) is 1. The highest BCUT2D eigenvalue weighted by Gasteiger charge is 2.14. The van der Waals surface area contributed by atoms with E-state index in [0.29, 0.717) is 16.3 Å². The average Bonchev–Trinajstić information content (AvgIpc) is 2.97. The Bertz CT molecular complexity index is 767. The van der Waals surface area contributed by atoms with Crippen molar-refractivity contribution in [2.45, 2.75) is 6.92 Å². The molecule has 2 aromatic rings. The van der Waals surface area contributed by atoms with E-state index in [0.717, 1.165) is 0 Å². The molecule has 2 rings (SSSR count). The van der Waals surface area contributed by atoms with Gasteiger partial charge in [-0.05, 0) is 24.3 Å². The summed E-state index contributed by atoms with van der Waals surface area (Å²) in [7, 11) is -3.10. The molecule has 0 aliphatic rings. The number of benzene rings is 1. The first-order valence-electron chi connectivity index (χ1n) is 6.76. The van der Waals surface area contributed by atoms with Crippen molar-refractivity contribution < 1.29 is 17.6 Å². The molecule has 0 saturated carbocycles. The summed E-state index contributed by atoms with van der Waals surface area (Å²) in [6.07, 6.45) is 0. The normalized spacial score (nSPS) is 11.4. The first-order valence-corrected chi connectivity index (χ1v) is 8.96. The van der Waals surface area contributed by atoms with E-state index in [1.54, 1.807) is 31.2 Å². The van der Waals surface area contributed by atoms with Gasteiger partial charge in [-0.25, -0.2) is 8.42 Å². The van der Waals surface area contributed by atoms with E-state index in [9.17, 15) is 13.2 Å². The molecule has 0 bridgehead atoms. The predicted molar refractivity (Wildman–Crippen MR) is 85.8 cm³/mol. The van der Waals surface area contributed by atoms with Crippen molar-refractivity contribution in [3.8, 4) is 11.3 Å². The average molecular weight is 342 g/mol. The Kier molecular flexibility index (Phi) is 5.26. The SMILES string of the molecule is CCS(=O)(=O)CCNC(=O)c1ccc(-c2ccccc2Cl)o1. The molecule has 7 heteroatoms. The zero-order valence-corrected chi connectivity index (χ0v) is 13.6. The number of hydrogen-bond donors (Lipinski definition) is 1. The molecule has 0 aliphatic carbocycles. The van der Waals surface area contributed by atoms with Gasteiger partial charge in [-0.2, -0.15) is 0 Å². The van der Waals surface area contributed by atoms with E-state index in [2.05, 4.69) is 5.32 Å². The molecule has 22 heavy (non-hydrogen) atoms. The van der Waals surface area contributed by atoms with Crippen LogP contribution in [0.15, 0.2) is 40.8 Å². The van der Waals surface area contributed by atoms with Crippen molar-refractivity contribution in [1.82, 2.24) is 5.32 Å². The summed E-state index contributed by atoms with van der Waals surface area (Å²) in [5, 5.41) is 3.05. The van der Waals surface area contributed by atoms with Gasteiger partial charge in [0.05, 0.1) is 10.8 Å². The molecule has 0 atom stereocenters. The van der Waals surface area contributed by atoms with E-state index >= 15 is 0 Å². The number of carbonyl (C=O) groups excluding carboxylic acids is 1. The van der Waals surface area contributed by atoms with Gasteiger partial charge in [0.2, 0.25) is 0 Å². The predicted octanol–water partition coefficient (Wildman–Crippen LogP) is 2.76. The first kappa shape index (κ1) is 16.6. The zero-order chi connectivity index (χ0) is 16.2. The fourth-order valence-corrected chi connectivity index (χ4v) is 2.75. The third-order valence-corrected chi connectivity index (χ3v) is 5.14. The first-order chi connectivity index (χ1) is 10.4. The topological polar surface area (TPSA) is 76.4 Å². The Morgan fingerprint density at radius 2 is 1.95 bits per heavy atom. The summed E-state index contributed by atoms with van der Waals surface area (Å²) in [5.41, 5.74) is 0.691. The molecule has 0 unspecified atom stereocenters. The quantitative estimate of drug-likeness (QED) is 0.876. The number of furan rings is 1. The Balaban J connectivity index is 2.03. The van der Waals surface area contributed by atoms with E-state index < -0.39 is 15.7 Å². The van der Waals surface area contributed by atoms with Crippen LogP contribution in [0.4, 0.5) is 0 Å². The summed E-state index contributed by atoms with van der Waals surface area (Å²) >= 11 is 6.07. The van der Waals surface area contributed by atoms with Crippen molar-refractivity contribution in [1.29, 1.82) is 0 Å². The summed E-state index contributed by atoms with van der Waals surface area (Å²) in [4.78, 5) is 11.9. The monoisotopic (exact) mass is 341 g/mol. The second kappa shape index (κ2) is 6.98. The van der Waals surface area contributed by atoms with Crippen LogP contribution in [0.25, 0.3) is 11.3 Å². The van der Waals surface area contributed by atoms with Crippen LogP contribution in [0, 0.1) is 0 Å². The second-order valence-electron chi connectivity index (χ2n) is 4.64. The van der Waals surface area contributed by atoms with Crippen molar-refractivity contribution in [3.63, 3.8) is 0 Å². The number of amides is 1. The highest BCUT2D eigenvalue weighted by molar-refractivity contribution is 7.91. The van der Waals surface area contributed by atoms with Crippen LogP contribution in [-0.2, 0) is 9.84 Å². The molecule has 0 saturated heterocycles. The van der Waals surface area contributed by atoms with Crippen LogP contribution in [0.1, 0.15) is 17.5 Å². The number of carbonyl (C=O) groups is 1. The van der Waals surface area contributed by atoms with E-state index in [4.69, 9.17) is 16.0 Å². The maximum Gasteiger partial charge on any atom is 0.287 e. The van der Waals surface area contributed by atoms with E-state index in [1.807, 2.05) is 6.07 Å². The Hall–Kier alpha value is -1.79. The lowest BCUT2D eigenvalue weighted by Gasteiger charge is -2.03. The lowest BCUT2D eigenvalue weighted by molar-refractivity contribution is 0.0929. The van der Waals surface area contributed by atoms with E-state index in [1.165, 1.54) is 6.07 Å². The maximum atomic E-state index is 11.9. The maximum absolute atomic E-state index is 11.9. The zero-order valence-electron chi connectivity index (χ0n) is 12.0. The van der Waals surface area contributed by atoms with Crippen molar-refractivity contribution in [2.75, 3.05) is 18.1 Å². The molecule has 5 nitrogen and oxygen atoms in total. The molecule has 0 fully saturated rings. The lowest BCUT2D eigenvalue weighted by Crippen LogP contribution is -2.29. The second-order valence-corrected chi connectivity index (χ2v) is 7.52. The molecular formula is C15H16ClNO4S. The summed E-state index contributed by atoms with van der Waals surface area (Å²) < 4.78 is 28.2. The summed E-state index contributed by atoms with van der Waals surface area (Å²) in [6, 6.07) is 10.3. The van der Waals surface area contributed by atoms with Crippen molar-refractivity contribution in [2.24, 2.45) is 0 Å². The van der Waals surface area contributed by atoms with Crippen LogP contribution in [0.3, 0.4) is 0 Å². The van der Waals surface area contributed by atoms with Crippen LogP contribution >= 0.6 is 11.6 Å². The van der Waals surface area contributed by atoms with Gasteiger partial charge in [0.1, 0.15) is 5.76 Å². The Morgan fingerprint density at radius 3 is 2.64 bits per heavy atom. The van der Waals surface area contributed by atoms with Crippen molar-refractivity contribution in [3.05, 3.63) is 47.2 Å². The minimum absolute atomic E-state index is 0.0527. The van der Waals surface area contributed by atoms with Crippen LogP contribution < -0.4 is 5.32 Å². The van der Waals surface area contributed by atoms with Gasteiger partial charge in [-0.15, -0.1) is 0 Å².